The number of ether oxygens (including phenoxy) is 2. The summed E-state index contributed by atoms with van der Waals surface area (Å²) in [5, 5.41) is 0. The molecule has 0 aliphatic heterocycles. The highest BCUT2D eigenvalue weighted by molar-refractivity contribution is 4.68. The number of quaternary nitrogens is 1. The van der Waals surface area contributed by atoms with E-state index in [0.717, 1.165) is 11.0 Å². The van der Waals surface area contributed by atoms with E-state index >= 15 is 0 Å². The van der Waals surface area contributed by atoms with Crippen molar-refractivity contribution in [3.63, 3.8) is 0 Å². The lowest BCUT2D eigenvalue weighted by Gasteiger charge is -2.34. The lowest BCUT2D eigenvalue weighted by Crippen LogP contribution is -2.47. The van der Waals surface area contributed by atoms with Crippen molar-refractivity contribution in [3.05, 3.63) is 0 Å². The Balaban J connectivity index is 4.42. The largest absolute Gasteiger partial charge is 0.373 e. The molecule has 0 aromatic rings. The molecule has 3 heteroatoms. The third-order valence-corrected chi connectivity index (χ3v) is 1.97. The maximum Gasteiger partial charge on any atom is 0.130 e. The van der Waals surface area contributed by atoms with Crippen LogP contribution in [0.25, 0.3) is 0 Å². The lowest BCUT2D eigenvalue weighted by molar-refractivity contribution is -0.874. The summed E-state index contributed by atoms with van der Waals surface area (Å²) in [5.74, 6) is 0. The number of rotatable bonds is 5. The van der Waals surface area contributed by atoms with E-state index < -0.39 is 0 Å². The SMILES string of the molecule is CC(C)(C)OCC(C[N+](C)(C)C)OC(C)(C)C. The first-order chi connectivity index (χ1) is 7.29. The molecule has 0 rings (SSSR count). The summed E-state index contributed by atoms with van der Waals surface area (Å²) in [6.45, 7) is 14.1. The van der Waals surface area contributed by atoms with Gasteiger partial charge in [-0.05, 0) is 41.5 Å². The first kappa shape index (κ1) is 16.9. The van der Waals surface area contributed by atoms with Gasteiger partial charge in [0.2, 0.25) is 0 Å². The Labute approximate surface area is 108 Å². The van der Waals surface area contributed by atoms with Gasteiger partial charge >= 0.3 is 0 Å². The molecule has 0 aromatic carbocycles. The van der Waals surface area contributed by atoms with Crippen LogP contribution in [-0.2, 0) is 9.47 Å². The van der Waals surface area contributed by atoms with Crippen molar-refractivity contribution in [1.29, 1.82) is 0 Å². The molecule has 0 bridgehead atoms. The Bertz CT molecular complexity index is 202. The molecule has 0 heterocycles. The van der Waals surface area contributed by atoms with E-state index in [0.29, 0.717) is 6.61 Å². The quantitative estimate of drug-likeness (QED) is 0.694. The third kappa shape index (κ3) is 12.1. The molecule has 0 fully saturated rings. The van der Waals surface area contributed by atoms with Crippen LogP contribution >= 0.6 is 0 Å². The van der Waals surface area contributed by atoms with Crippen molar-refractivity contribution >= 4 is 0 Å². The van der Waals surface area contributed by atoms with Gasteiger partial charge in [-0.1, -0.05) is 0 Å². The average Bonchev–Trinajstić information content (AvgIpc) is 1.92. The molecule has 0 aliphatic rings. The molecule has 0 saturated carbocycles. The zero-order valence-electron chi connectivity index (χ0n) is 13.3. The zero-order chi connectivity index (χ0) is 13.9. The summed E-state index contributed by atoms with van der Waals surface area (Å²) >= 11 is 0. The Morgan fingerprint density at radius 3 is 1.65 bits per heavy atom. The van der Waals surface area contributed by atoms with Crippen molar-refractivity contribution < 1.29 is 14.0 Å². The van der Waals surface area contributed by atoms with Gasteiger partial charge < -0.3 is 14.0 Å². The van der Waals surface area contributed by atoms with Gasteiger partial charge in [0.25, 0.3) is 0 Å². The second kappa shape index (κ2) is 5.68. The standard InChI is InChI=1S/C14H32NO2/c1-13(2,3)16-11-12(10-15(7,8)9)17-14(4,5)6/h12H,10-11H2,1-9H3/q+1. The van der Waals surface area contributed by atoms with Crippen molar-refractivity contribution in [1.82, 2.24) is 0 Å². The summed E-state index contributed by atoms with van der Waals surface area (Å²) < 4.78 is 12.8. The molecule has 0 aromatic heterocycles. The van der Waals surface area contributed by atoms with Gasteiger partial charge in [-0.25, -0.2) is 0 Å². The van der Waals surface area contributed by atoms with E-state index in [9.17, 15) is 0 Å². The Kier molecular flexibility index (Phi) is 5.64. The minimum Gasteiger partial charge on any atom is -0.373 e. The molecular weight excluding hydrogens is 214 g/mol. The van der Waals surface area contributed by atoms with E-state index in [4.69, 9.17) is 9.47 Å². The van der Waals surface area contributed by atoms with Crippen LogP contribution in [0.1, 0.15) is 41.5 Å². The molecule has 0 amide bonds. The molecular formula is C14H32NO2+. The zero-order valence-corrected chi connectivity index (χ0v) is 13.3. The fraction of sp³-hybridized carbons (Fsp3) is 1.00. The van der Waals surface area contributed by atoms with Gasteiger partial charge in [-0.2, -0.15) is 0 Å². The van der Waals surface area contributed by atoms with Crippen LogP contribution in [-0.4, -0.2) is 56.1 Å². The lowest BCUT2D eigenvalue weighted by atomic mass is 10.1. The molecule has 0 aliphatic carbocycles. The summed E-state index contributed by atoms with van der Waals surface area (Å²) in [4.78, 5) is 0. The van der Waals surface area contributed by atoms with Gasteiger partial charge in [0.05, 0.1) is 39.0 Å². The van der Waals surface area contributed by atoms with E-state index in [1.54, 1.807) is 0 Å². The minimum atomic E-state index is -0.124. The highest BCUT2D eigenvalue weighted by atomic mass is 16.6. The summed E-state index contributed by atoms with van der Waals surface area (Å²) in [6, 6.07) is 0. The average molecular weight is 246 g/mol. The minimum absolute atomic E-state index is 0.107. The molecule has 0 spiro atoms. The first-order valence-corrected chi connectivity index (χ1v) is 6.41. The monoisotopic (exact) mass is 246 g/mol. The van der Waals surface area contributed by atoms with E-state index in [2.05, 4.69) is 62.7 Å². The van der Waals surface area contributed by atoms with Crippen LogP contribution in [0.3, 0.4) is 0 Å². The normalized spacial score (nSPS) is 16.1. The van der Waals surface area contributed by atoms with Crippen LogP contribution in [0.4, 0.5) is 0 Å². The maximum atomic E-state index is 6.07. The van der Waals surface area contributed by atoms with Crippen molar-refractivity contribution in [3.8, 4) is 0 Å². The Morgan fingerprint density at radius 1 is 0.882 bits per heavy atom. The van der Waals surface area contributed by atoms with Crippen molar-refractivity contribution in [2.45, 2.75) is 58.8 Å². The second-order valence-corrected chi connectivity index (χ2v) is 7.75. The molecule has 1 unspecified atom stereocenters. The summed E-state index contributed by atoms with van der Waals surface area (Å²) in [5.41, 5.74) is -0.231. The molecule has 3 nitrogen and oxygen atoms in total. The third-order valence-electron chi connectivity index (χ3n) is 1.97. The topological polar surface area (TPSA) is 18.5 Å². The number of hydrogen-bond donors (Lipinski definition) is 0. The predicted octanol–water partition coefficient (Wildman–Crippen LogP) is 2.69. The fourth-order valence-electron chi connectivity index (χ4n) is 1.58. The van der Waals surface area contributed by atoms with Gasteiger partial charge in [0.1, 0.15) is 12.6 Å². The Morgan fingerprint density at radius 2 is 1.35 bits per heavy atom. The summed E-state index contributed by atoms with van der Waals surface area (Å²) in [6.07, 6.45) is 0.134. The fourth-order valence-corrected chi connectivity index (χ4v) is 1.58. The Hall–Kier alpha value is -0.120. The van der Waals surface area contributed by atoms with Crippen molar-refractivity contribution in [2.24, 2.45) is 0 Å². The molecule has 1 atom stereocenters. The summed E-state index contributed by atoms with van der Waals surface area (Å²) in [7, 11) is 6.53. The van der Waals surface area contributed by atoms with E-state index in [-0.39, 0.29) is 17.3 Å². The molecule has 17 heavy (non-hydrogen) atoms. The van der Waals surface area contributed by atoms with Gasteiger partial charge in [-0.15, -0.1) is 0 Å². The smallest absolute Gasteiger partial charge is 0.130 e. The number of likely N-dealkylation sites (N-methyl/N-ethyl adjacent to an activating group) is 1. The highest BCUT2D eigenvalue weighted by Gasteiger charge is 2.26. The van der Waals surface area contributed by atoms with Gasteiger partial charge in [-0.3, -0.25) is 0 Å². The van der Waals surface area contributed by atoms with Crippen LogP contribution in [0.5, 0.6) is 0 Å². The number of hydrogen-bond acceptors (Lipinski definition) is 2. The van der Waals surface area contributed by atoms with E-state index in [1.165, 1.54) is 0 Å². The molecule has 0 N–H and O–H groups in total. The van der Waals surface area contributed by atoms with Crippen molar-refractivity contribution in [2.75, 3.05) is 34.3 Å². The molecule has 104 valence electrons. The van der Waals surface area contributed by atoms with Crippen LogP contribution in [0, 0.1) is 0 Å². The van der Waals surface area contributed by atoms with E-state index in [1.807, 2.05) is 0 Å². The predicted molar refractivity (Wildman–Crippen MR) is 73.2 cm³/mol. The first-order valence-electron chi connectivity index (χ1n) is 6.41. The number of nitrogens with zero attached hydrogens (tertiary/aromatic N) is 1. The molecule has 0 radical (unpaired) electrons. The van der Waals surface area contributed by atoms with Gasteiger partial charge in [0, 0.05) is 0 Å². The second-order valence-electron chi connectivity index (χ2n) is 7.75. The van der Waals surface area contributed by atoms with Gasteiger partial charge in [0.15, 0.2) is 0 Å². The van der Waals surface area contributed by atoms with Crippen LogP contribution in [0.2, 0.25) is 0 Å². The van der Waals surface area contributed by atoms with Crippen LogP contribution < -0.4 is 0 Å². The van der Waals surface area contributed by atoms with Crippen LogP contribution in [0.15, 0.2) is 0 Å². The maximum absolute atomic E-state index is 6.07. The molecule has 0 saturated heterocycles. The highest BCUT2D eigenvalue weighted by Crippen LogP contribution is 2.16.